The van der Waals surface area contributed by atoms with Gasteiger partial charge < -0.3 is 20.3 Å². The van der Waals surface area contributed by atoms with Gasteiger partial charge in [-0.25, -0.2) is 0 Å². The Bertz CT molecular complexity index is 1020. The maximum absolute atomic E-state index is 13.1. The first-order chi connectivity index (χ1) is 29.0. The standard InChI is InChI=1S/C53H97NO5/c1-4-7-10-13-16-19-21-23-24-25-26-27-28-30-32-34-37-40-43-46-53(58)59-49(44-41-38-35-18-15-12-9-6-3)47-52(57)54-50(48-55)51(56)45-42-39-36-33-31-29-22-20-17-14-11-8-5-2/h12,15-16,19,23-24,26-27,49-51,55-56H,4-11,13-14,17-18,20-22,25,28-48H2,1-3H3,(H,54,57)/b15-12-,19-16-,24-23-,27-26-. The van der Waals surface area contributed by atoms with Crippen LogP contribution in [0.1, 0.15) is 252 Å². The normalized spacial score (nSPS) is 13.6. The molecule has 0 saturated carbocycles. The number of ether oxygens (including phenoxy) is 1. The maximum atomic E-state index is 13.1. The lowest BCUT2D eigenvalue weighted by Gasteiger charge is -2.24. The van der Waals surface area contributed by atoms with E-state index in [-0.39, 0.29) is 24.9 Å². The van der Waals surface area contributed by atoms with Gasteiger partial charge in [0.15, 0.2) is 0 Å². The largest absolute Gasteiger partial charge is 0.462 e. The van der Waals surface area contributed by atoms with Crippen LogP contribution in [0.2, 0.25) is 0 Å². The summed E-state index contributed by atoms with van der Waals surface area (Å²) in [6.07, 6.45) is 56.1. The number of carbonyl (C=O) groups excluding carboxylic acids is 2. The summed E-state index contributed by atoms with van der Waals surface area (Å²) >= 11 is 0. The number of allylic oxidation sites excluding steroid dienone is 8. The third-order valence-corrected chi connectivity index (χ3v) is 11.4. The van der Waals surface area contributed by atoms with Crippen molar-refractivity contribution >= 4 is 11.9 Å². The van der Waals surface area contributed by atoms with Crippen molar-refractivity contribution in [3.8, 4) is 0 Å². The summed E-state index contributed by atoms with van der Waals surface area (Å²) in [5.74, 6) is -0.505. The molecule has 1 amide bonds. The Morgan fingerprint density at radius 3 is 1.44 bits per heavy atom. The molecule has 0 aliphatic carbocycles. The van der Waals surface area contributed by atoms with Crippen molar-refractivity contribution in [3.63, 3.8) is 0 Å². The summed E-state index contributed by atoms with van der Waals surface area (Å²) in [5, 5.41) is 23.7. The van der Waals surface area contributed by atoms with Crippen molar-refractivity contribution in [2.45, 2.75) is 270 Å². The molecule has 0 aliphatic heterocycles. The van der Waals surface area contributed by atoms with E-state index in [9.17, 15) is 19.8 Å². The summed E-state index contributed by atoms with van der Waals surface area (Å²) < 4.78 is 5.89. The van der Waals surface area contributed by atoms with Crippen LogP contribution in [0.3, 0.4) is 0 Å². The minimum Gasteiger partial charge on any atom is -0.462 e. The molecule has 3 unspecified atom stereocenters. The highest BCUT2D eigenvalue weighted by Gasteiger charge is 2.24. The monoisotopic (exact) mass is 828 g/mol. The first-order valence-electron chi connectivity index (χ1n) is 25.4. The van der Waals surface area contributed by atoms with Gasteiger partial charge in [-0.05, 0) is 83.5 Å². The molecule has 0 aromatic rings. The topological polar surface area (TPSA) is 95.9 Å². The quantitative estimate of drug-likeness (QED) is 0.0323. The van der Waals surface area contributed by atoms with Gasteiger partial charge in [0, 0.05) is 6.42 Å². The summed E-state index contributed by atoms with van der Waals surface area (Å²) in [6.45, 7) is 6.38. The Hall–Kier alpha value is -2.18. The molecule has 0 saturated heterocycles. The number of hydrogen-bond donors (Lipinski definition) is 3. The number of unbranched alkanes of at least 4 members (excludes halogenated alkanes) is 25. The van der Waals surface area contributed by atoms with Crippen molar-refractivity contribution in [1.29, 1.82) is 0 Å². The molecule has 6 heteroatoms. The Morgan fingerprint density at radius 2 is 0.898 bits per heavy atom. The molecule has 0 bridgehead atoms. The first-order valence-corrected chi connectivity index (χ1v) is 25.4. The highest BCUT2D eigenvalue weighted by atomic mass is 16.5. The van der Waals surface area contributed by atoms with Gasteiger partial charge in [0.1, 0.15) is 6.10 Å². The van der Waals surface area contributed by atoms with E-state index in [1.807, 2.05) is 0 Å². The summed E-state index contributed by atoms with van der Waals surface area (Å²) in [5.41, 5.74) is 0. The average Bonchev–Trinajstić information content (AvgIpc) is 3.23. The average molecular weight is 828 g/mol. The smallest absolute Gasteiger partial charge is 0.306 e. The lowest BCUT2D eigenvalue weighted by molar-refractivity contribution is -0.151. The van der Waals surface area contributed by atoms with E-state index < -0.39 is 18.2 Å². The van der Waals surface area contributed by atoms with Crippen LogP contribution in [0.15, 0.2) is 48.6 Å². The van der Waals surface area contributed by atoms with Crippen LogP contribution >= 0.6 is 0 Å². The third kappa shape index (κ3) is 42.3. The molecule has 0 rings (SSSR count). The van der Waals surface area contributed by atoms with Crippen LogP contribution in [-0.2, 0) is 14.3 Å². The van der Waals surface area contributed by atoms with E-state index in [4.69, 9.17) is 4.74 Å². The fraction of sp³-hybridized carbons (Fsp3) is 0.811. The molecule has 59 heavy (non-hydrogen) atoms. The minimum atomic E-state index is -0.792. The zero-order chi connectivity index (χ0) is 43.1. The minimum absolute atomic E-state index is 0.0609. The summed E-state index contributed by atoms with van der Waals surface area (Å²) in [4.78, 5) is 26.0. The number of amides is 1. The van der Waals surface area contributed by atoms with Gasteiger partial charge in [-0.3, -0.25) is 9.59 Å². The van der Waals surface area contributed by atoms with E-state index in [0.717, 1.165) is 96.3 Å². The Morgan fingerprint density at radius 1 is 0.492 bits per heavy atom. The van der Waals surface area contributed by atoms with Gasteiger partial charge in [0.05, 0.1) is 25.2 Å². The highest BCUT2D eigenvalue weighted by Crippen LogP contribution is 2.17. The van der Waals surface area contributed by atoms with Crippen molar-refractivity contribution in [3.05, 3.63) is 48.6 Å². The molecule has 3 atom stereocenters. The molecular weight excluding hydrogens is 731 g/mol. The molecule has 0 spiro atoms. The molecule has 0 heterocycles. The highest BCUT2D eigenvalue weighted by molar-refractivity contribution is 5.77. The number of aliphatic hydroxyl groups is 2. The number of rotatable bonds is 45. The van der Waals surface area contributed by atoms with E-state index in [0.29, 0.717) is 19.3 Å². The number of aliphatic hydroxyl groups excluding tert-OH is 2. The SMILES string of the molecule is CCC/C=C\CCCCCC(CC(=O)NC(CO)C(O)CCCCCCCCCCCCCCC)OC(=O)CCCCCCCC/C=C\C/C=C\C/C=C\CCCCC. The first kappa shape index (κ1) is 56.8. The van der Waals surface area contributed by atoms with Crippen LogP contribution in [0.4, 0.5) is 0 Å². The van der Waals surface area contributed by atoms with E-state index in [2.05, 4.69) is 74.7 Å². The van der Waals surface area contributed by atoms with Gasteiger partial charge in [-0.2, -0.15) is 0 Å². The third-order valence-electron chi connectivity index (χ3n) is 11.4. The number of nitrogens with one attached hydrogen (secondary N) is 1. The van der Waals surface area contributed by atoms with Crippen LogP contribution in [0.25, 0.3) is 0 Å². The predicted octanol–water partition coefficient (Wildman–Crippen LogP) is 15.1. The molecule has 344 valence electrons. The molecule has 0 aliphatic rings. The van der Waals surface area contributed by atoms with Gasteiger partial charge in [0.2, 0.25) is 5.91 Å². The fourth-order valence-corrected chi connectivity index (χ4v) is 7.50. The van der Waals surface area contributed by atoms with Crippen molar-refractivity contribution in [2.75, 3.05) is 6.61 Å². The van der Waals surface area contributed by atoms with Crippen LogP contribution < -0.4 is 5.32 Å². The zero-order valence-electron chi connectivity index (χ0n) is 39.1. The van der Waals surface area contributed by atoms with Crippen molar-refractivity contribution in [2.24, 2.45) is 0 Å². The van der Waals surface area contributed by atoms with Crippen molar-refractivity contribution in [1.82, 2.24) is 5.32 Å². The number of carbonyl (C=O) groups is 2. The second-order valence-electron chi connectivity index (χ2n) is 17.2. The fourth-order valence-electron chi connectivity index (χ4n) is 7.50. The molecular formula is C53H97NO5. The second-order valence-corrected chi connectivity index (χ2v) is 17.2. The summed E-state index contributed by atoms with van der Waals surface area (Å²) in [7, 11) is 0. The van der Waals surface area contributed by atoms with Crippen molar-refractivity contribution < 1.29 is 24.5 Å². The summed E-state index contributed by atoms with van der Waals surface area (Å²) in [6, 6.07) is -0.707. The van der Waals surface area contributed by atoms with Gasteiger partial charge in [-0.15, -0.1) is 0 Å². The maximum Gasteiger partial charge on any atom is 0.306 e. The van der Waals surface area contributed by atoms with Crippen LogP contribution in [0, 0.1) is 0 Å². The van der Waals surface area contributed by atoms with Crippen LogP contribution in [-0.4, -0.2) is 46.9 Å². The van der Waals surface area contributed by atoms with Gasteiger partial charge >= 0.3 is 5.97 Å². The molecule has 0 fully saturated rings. The molecule has 0 radical (unpaired) electrons. The van der Waals surface area contributed by atoms with Gasteiger partial charge in [-0.1, -0.05) is 204 Å². The molecule has 0 aromatic heterocycles. The Kier molecular flexibility index (Phi) is 45.1. The molecule has 6 nitrogen and oxygen atoms in total. The zero-order valence-corrected chi connectivity index (χ0v) is 39.1. The van der Waals surface area contributed by atoms with Crippen LogP contribution in [0.5, 0.6) is 0 Å². The molecule has 3 N–H and O–H groups in total. The number of esters is 1. The van der Waals surface area contributed by atoms with E-state index in [1.54, 1.807) is 0 Å². The van der Waals surface area contributed by atoms with E-state index in [1.165, 1.54) is 109 Å². The molecule has 0 aromatic carbocycles. The predicted molar refractivity (Wildman–Crippen MR) is 255 cm³/mol. The Balaban J connectivity index is 4.43. The lowest BCUT2D eigenvalue weighted by atomic mass is 10.0. The Labute approximate surface area is 366 Å². The van der Waals surface area contributed by atoms with Gasteiger partial charge in [0.25, 0.3) is 0 Å². The lowest BCUT2D eigenvalue weighted by Crippen LogP contribution is -2.46. The number of hydrogen-bond acceptors (Lipinski definition) is 5. The van der Waals surface area contributed by atoms with E-state index >= 15 is 0 Å². The second kappa shape index (κ2) is 46.9.